The van der Waals surface area contributed by atoms with E-state index in [-0.39, 0.29) is 17.2 Å². The summed E-state index contributed by atoms with van der Waals surface area (Å²) in [6.07, 6.45) is 5.97. The molecule has 0 radical (unpaired) electrons. The number of fused-ring (bicyclic) bond motifs is 1. The van der Waals surface area contributed by atoms with Crippen LogP contribution in [0.3, 0.4) is 0 Å². The highest BCUT2D eigenvalue weighted by atomic mass is 32.1. The van der Waals surface area contributed by atoms with E-state index in [4.69, 9.17) is 0 Å². The normalized spacial score (nSPS) is 15.6. The Morgan fingerprint density at radius 3 is 2.55 bits per heavy atom. The van der Waals surface area contributed by atoms with Crippen molar-refractivity contribution in [2.24, 2.45) is 11.3 Å². The van der Waals surface area contributed by atoms with Crippen LogP contribution in [0.4, 0.5) is 10.7 Å². The molecule has 1 atom stereocenters. The molecule has 172 valence electrons. The van der Waals surface area contributed by atoms with Crippen LogP contribution < -0.4 is 10.6 Å². The van der Waals surface area contributed by atoms with Gasteiger partial charge in [-0.05, 0) is 73.8 Å². The fourth-order valence-corrected chi connectivity index (χ4v) is 5.78. The largest absolute Gasteiger partial charge is 0.322 e. The van der Waals surface area contributed by atoms with Gasteiger partial charge in [0.15, 0.2) is 0 Å². The molecule has 0 bridgehead atoms. The van der Waals surface area contributed by atoms with Gasteiger partial charge in [0.05, 0.1) is 11.1 Å². The number of thiophene rings is 1. The van der Waals surface area contributed by atoms with Gasteiger partial charge in [0, 0.05) is 23.0 Å². The first kappa shape index (κ1) is 23.2. The highest BCUT2D eigenvalue weighted by Gasteiger charge is 2.34. The predicted molar refractivity (Wildman–Crippen MR) is 135 cm³/mol. The molecule has 0 aliphatic heterocycles. The molecule has 1 aliphatic rings. The van der Waals surface area contributed by atoms with Crippen LogP contribution >= 0.6 is 11.3 Å². The lowest BCUT2D eigenvalue weighted by molar-refractivity contribution is 0.102. The molecule has 0 fully saturated rings. The van der Waals surface area contributed by atoms with E-state index >= 15 is 0 Å². The molecule has 2 N–H and O–H groups in total. The minimum atomic E-state index is -0.255. The summed E-state index contributed by atoms with van der Waals surface area (Å²) in [7, 11) is 0. The number of hydrogen-bond acceptors (Lipinski definition) is 4. The molecule has 4 rings (SSSR count). The number of nitrogens with zero attached hydrogens (tertiary/aromatic N) is 1. The standard InChI is InChI=1S/C27H31N3O2S/c1-16-8-11-21(17(2)13-16)29-25(32)23-20-10-9-19(27(3,4)5)14-22(20)33-26(23)30-24(31)18-7-6-12-28-15-18/h6-8,11-13,15,19H,9-10,14H2,1-5H3,(H,29,32)(H,30,31)/t19-/m0/s1. The van der Waals surface area contributed by atoms with Crippen LogP contribution in [0.15, 0.2) is 42.7 Å². The lowest BCUT2D eigenvalue weighted by Gasteiger charge is -2.33. The number of pyridine rings is 1. The van der Waals surface area contributed by atoms with Crippen molar-refractivity contribution >= 4 is 33.8 Å². The number of aryl methyl sites for hydroxylation is 2. The molecule has 1 aromatic carbocycles. The van der Waals surface area contributed by atoms with Gasteiger partial charge in [0.2, 0.25) is 0 Å². The highest BCUT2D eigenvalue weighted by molar-refractivity contribution is 7.17. The first-order valence-electron chi connectivity index (χ1n) is 11.4. The van der Waals surface area contributed by atoms with E-state index in [0.717, 1.165) is 41.6 Å². The SMILES string of the molecule is Cc1ccc(NC(=O)c2c(NC(=O)c3cccnc3)sc3c2CC[C@H](C(C)(C)C)C3)c(C)c1. The Morgan fingerprint density at radius 2 is 1.88 bits per heavy atom. The number of carbonyl (C=O) groups excluding carboxylic acids is 2. The second kappa shape index (κ2) is 9.10. The van der Waals surface area contributed by atoms with Crippen molar-refractivity contribution in [2.75, 3.05) is 10.6 Å². The van der Waals surface area contributed by atoms with E-state index in [1.807, 2.05) is 26.0 Å². The fraction of sp³-hybridized carbons (Fsp3) is 0.370. The molecule has 33 heavy (non-hydrogen) atoms. The van der Waals surface area contributed by atoms with E-state index in [1.165, 1.54) is 22.4 Å². The third-order valence-electron chi connectivity index (χ3n) is 6.50. The fourth-order valence-electron chi connectivity index (χ4n) is 4.46. The molecule has 2 heterocycles. The number of rotatable bonds is 4. The van der Waals surface area contributed by atoms with Crippen LogP contribution in [0.1, 0.15) is 69.5 Å². The molecule has 6 heteroatoms. The molecule has 2 aromatic heterocycles. The molecule has 3 aromatic rings. The topological polar surface area (TPSA) is 71.1 Å². The van der Waals surface area contributed by atoms with Crippen LogP contribution in [0.5, 0.6) is 0 Å². The Balaban J connectivity index is 1.70. The van der Waals surface area contributed by atoms with Crippen LogP contribution in [-0.2, 0) is 12.8 Å². The van der Waals surface area contributed by atoms with E-state index in [1.54, 1.807) is 18.3 Å². The van der Waals surface area contributed by atoms with Crippen molar-refractivity contribution in [1.29, 1.82) is 0 Å². The van der Waals surface area contributed by atoms with Gasteiger partial charge in [0.1, 0.15) is 5.00 Å². The number of amides is 2. The van der Waals surface area contributed by atoms with Crippen LogP contribution in [0, 0.1) is 25.2 Å². The number of aromatic nitrogens is 1. The zero-order valence-electron chi connectivity index (χ0n) is 19.9. The zero-order valence-corrected chi connectivity index (χ0v) is 20.7. The van der Waals surface area contributed by atoms with Crippen molar-refractivity contribution < 1.29 is 9.59 Å². The molecule has 0 saturated heterocycles. The maximum absolute atomic E-state index is 13.5. The van der Waals surface area contributed by atoms with Crippen molar-refractivity contribution in [1.82, 2.24) is 4.98 Å². The number of carbonyl (C=O) groups is 2. The Hall–Kier alpha value is -2.99. The minimum Gasteiger partial charge on any atom is -0.322 e. The van der Waals surface area contributed by atoms with E-state index in [9.17, 15) is 9.59 Å². The quantitative estimate of drug-likeness (QED) is 0.471. The van der Waals surface area contributed by atoms with Gasteiger partial charge in [-0.15, -0.1) is 11.3 Å². The Morgan fingerprint density at radius 1 is 1.09 bits per heavy atom. The van der Waals surface area contributed by atoms with E-state index in [0.29, 0.717) is 22.0 Å². The van der Waals surface area contributed by atoms with Gasteiger partial charge in [0.25, 0.3) is 11.8 Å². The van der Waals surface area contributed by atoms with Crippen LogP contribution in [0.25, 0.3) is 0 Å². The maximum Gasteiger partial charge on any atom is 0.258 e. The van der Waals surface area contributed by atoms with Crippen LogP contribution in [0.2, 0.25) is 0 Å². The summed E-state index contributed by atoms with van der Waals surface area (Å²) in [4.78, 5) is 31.7. The molecule has 1 aliphatic carbocycles. The summed E-state index contributed by atoms with van der Waals surface area (Å²) in [5.74, 6) is 0.116. The molecular weight excluding hydrogens is 430 g/mol. The number of benzene rings is 1. The Labute approximate surface area is 199 Å². The van der Waals surface area contributed by atoms with E-state index < -0.39 is 0 Å². The first-order valence-corrected chi connectivity index (χ1v) is 12.2. The average molecular weight is 462 g/mol. The number of nitrogens with one attached hydrogen (secondary N) is 2. The summed E-state index contributed by atoms with van der Waals surface area (Å²) in [5.41, 5.74) is 5.29. The molecule has 0 spiro atoms. The number of hydrogen-bond donors (Lipinski definition) is 2. The third-order valence-corrected chi connectivity index (χ3v) is 7.67. The molecule has 0 saturated carbocycles. The van der Waals surface area contributed by atoms with Crippen LogP contribution in [-0.4, -0.2) is 16.8 Å². The lowest BCUT2D eigenvalue weighted by Crippen LogP contribution is -2.27. The van der Waals surface area contributed by atoms with E-state index in [2.05, 4.69) is 42.5 Å². The van der Waals surface area contributed by atoms with Gasteiger partial charge >= 0.3 is 0 Å². The van der Waals surface area contributed by atoms with Gasteiger partial charge in [-0.3, -0.25) is 14.6 Å². The third kappa shape index (κ3) is 5.01. The molecule has 2 amide bonds. The van der Waals surface area contributed by atoms with Crippen molar-refractivity contribution in [2.45, 2.75) is 53.9 Å². The van der Waals surface area contributed by atoms with Crippen molar-refractivity contribution in [3.63, 3.8) is 0 Å². The predicted octanol–water partition coefficient (Wildman–Crippen LogP) is 6.42. The summed E-state index contributed by atoms with van der Waals surface area (Å²) >= 11 is 1.54. The van der Waals surface area contributed by atoms with Gasteiger partial charge in [-0.1, -0.05) is 38.5 Å². The Kier molecular flexibility index (Phi) is 6.39. The van der Waals surface area contributed by atoms with Gasteiger partial charge in [-0.2, -0.15) is 0 Å². The molecule has 0 unspecified atom stereocenters. The van der Waals surface area contributed by atoms with Crippen molar-refractivity contribution in [3.8, 4) is 0 Å². The van der Waals surface area contributed by atoms with Gasteiger partial charge < -0.3 is 10.6 Å². The van der Waals surface area contributed by atoms with Crippen molar-refractivity contribution in [3.05, 3.63) is 75.4 Å². The summed E-state index contributed by atoms with van der Waals surface area (Å²) in [5, 5.41) is 6.71. The Bertz CT molecular complexity index is 1190. The second-order valence-corrected chi connectivity index (χ2v) is 11.1. The average Bonchev–Trinajstić information content (AvgIpc) is 3.12. The summed E-state index contributed by atoms with van der Waals surface area (Å²) in [6, 6.07) is 9.43. The summed E-state index contributed by atoms with van der Waals surface area (Å²) in [6.45, 7) is 10.8. The second-order valence-electron chi connectivity index (χ2n) is 9.98. The van der Waals surface area contributed by atoms with Gasteiger partial charge in [-0.25, -0.2) is 0 Å². The zero-order chi connectivity index (χ0) is 23.8. The monoisotopic (exact) mass is 461 g/mol. The molecular formula is C27H31N3O2S. The molecule has 5 nitrogen and oxygen atoms in total. The number of anilines is 2. The summed E-state index contributed by atoms with van der Waals surface area (Å²) < 4.78 is 0. The first-order chi connectivity index (χ1) is 15.6. The smallest absolute Gasteiger partial charge is 0.258 e. The minimum absolute atomic E-state index is 0.171. The lowest BCUT2D eigenvalue weighted by atomic mass is 9.72. The highest BCUT2D eigenvalue weighted by Crippen LogP contribution is 2.44. The maximum atomic E-state index is 13.5.